The number of ether oxygens (including phenoxy) is 1. The average molecular weight is 342 g/mol. The van der Waals surface area contributed by atoms with Crippen molar-refractivity contribution in [1.82, 2.24) is 4.90 Å². The fourth-order valence-electron chi connectivity index (χ4n) is 2.66. The predicted molar refractivity (Wildman–Crippen MR) is 92.5 cm³/mol. The zero-order valence-electron chi connectivity index (χ0n) is 12.9. The van der Waals surface area contributed by atoms with Crippen molar-refractivity contribution in [2.24, 2.45) is 0 Å². The van der Waals surface area contributed by atoms with Gasteiger partial charge < -0.3 is 4.74 Å². The molecule has 0 N–H and O–H groups in total. The summed E-state index contributed by atoms with van der Waals surface area (Å²) in [5.41, 5.74) is 2.37. The lowest BCUT2D eigenvalue weighted by molar-refractivity contribution is -0.124. The van der Waals surface area contributed by atoms with Gasteiger partial charge in [-0.05, 0) is 16.7 Å². The fourth-order valence-corrected chi connectivity index (χ4v) is 2.89. The zero-order valence-corrected chi connectivity index (χ0v) is 13.6. The van der Waals surface area contributed by atoms with Crippen molar-refractivity contribution >= 4 is 29.2 Å². The first kappa shape index (κ1) is 16.3. The number of carbonyl (C=O) groups excluding carboxylic acids is 2. The van der Waals surface area contributed by atoms with Crippen molar-refractivity contribution < 1.29 is 14.3 Å². The van der Waals surface area contributed by atoms with Gasteiger partial charge in [0.15, 0.2) is 0 Å². The van der Waals surface area contributed by atoms with Gasteiger partial charge in [0.05, 0.1) is 0 Å². The molecule has 122 valence electrons. The van der Waals surface area contributed by atoms with E-state index in [0.29, 0.717) is 5.57 Å². The summed E-state index contributed by atoms with van der Waals surface area (Å²) < 4.78 is 5.08. The molecule has 0 aromatic heterocycles. The van der Waals surface area contributed by atoms with Crippen LogP contribution in [0.1, 0.15) is 17.2 Å². The maximum Gasteiger partial charge on any atom is 0.417 e. The van der Waals surface area contributed by atoms with Gasteiger partial charge >= 0.3 is 6.09 Å². The molecule has 1 aliphatic rings. The van der Waals surface area contributed by atoms with Crippen molar-refractivity contribution in [2.75, 3.05) is 12.5 Å². The van der Waals surface area contributed by atoms with Gasteiger partial charge in [0.25, 0.3) is 5.91 Å². The van der Waals surface area contributed by atoms with Crippen LogP contribution < -0.4 is 0 Å². The molecule has 0 aliphatic carbocycles. The lowest BCUT2D eigenvalue weighted by Gasteiger charge is -2.19. The van der Waals surface area contributed by atoms with Crippen LogP contribution in [0.15, 0.2) is 66.7 Å². The Morgan fingerprint density at radius 1 is 1.12 bits per heavy atom. The number of cyclic esters (lactones) is 1. The minimum atomic E-state index is -0.632. The summed E-state index contributed by atoms with van der Waals surface area (Å²) in [6.45, 7) is 0.157. The van der Waals surface area contributed by atoms with Crippen molar-refractivity contribution in [3.05, 3.63) is 77.9 Å². The Labute approximate surface area is 145 Å². The third kappa shape index (κ3) is 3.34. The molecule has 2 aromatic carbocycles. The number of carbonyl (C=O) groups is 2. The van der Waals surface area contributed by atoms with E-state index in [9.17, 15) is 9.59 Å². The number of alkyl halides is 1. The number of amides is 2. The summed E-state index contributed by atoms with van der Waals surface area (Å²) >= 11 is 5.99. The molecule has 4 nitrogen and oxygen atoms in total. The van der Waals surface area contributed by atoms with Crippen LogP contribution in [0, 0.1) is 0 Å². The van der Waals surface area contributed by atoms with E-state index < -0.39 is 18.0 Å². The molecule has 2 aromatic rings. The second kappa shape index (κ2) is 7.32. The minimum Gasteiger partial charge on any atom is -0.446 e. The topological polar surface area (TPSA) is 46.6 Å². The average Bonchev–Trinajstić information content (AvgIpc) is 3.02. The van der Waals surface area contributed by atoms with Crippen LogP contribution in [0.2, 0.25) is 0 Å². The number of benzene rings is 2. The van der Waals surface area contributed by atoms with Crippen LogP contribution in [-0.2, 0) is 9.53 Å². The Bertz CT molecular complexity index is 759. The first-order chi connectivity index (χ1) is 11.7. The summed E-state index contributed by atoms with van der Waals surface area (Å²) in [6.07, 6.45) is 0.775. The number of hydrogen-bond acceptors (Lipinski definition) is 3. The van der Waals surface area contributed by atoms with Crippen LogP contribution in [0.3, 0.4) is 0 Å². The monoisotopic (exact) mass is 341 g/mol. The maximum absolute atomic E-state index is 12.7. The van der Waals surface area contributed by atoms with Crippen molar-refractivity contribution in [3.8, 4) is 0 Å². The molecular weight excluding hydrogens is 326 g/mol. The van der Waals surface area contributed by atoms with Crippen LogP contribution in [0.5, 0.6) is 0 Å². The van der Waals surface area contributed by atoms with E-state index >= 15 is 0 Å². The van der Waals surface area contributed by atoms with Gasteiger partial charge in [0, 0.05) is 12.0 Å². The number of rotatable bonds is 4. The summed E-state index contributed by atoms with van der Waals surface area (Å²) in [6, 6.07) is 18.3. The third-order valence-corrected chi connectivity index (χ3v) is 4.17. The minimum absolute atomic E-state index is 0.157. The molecule has 1 saturated heterocycles. The molecule has 0 bridgehead atoms. The highest BCUT2D eigenvalue weighted by Crippen LogP contribution is 2.28. The van der Waals surface area contributed by atoms with E-state index in [1.54, 1.807) is 0 Å². The molecule has 24 heavy (non-hydrogen) atoms. The van der Waals surface area contributed by atoms with E-state index in [2.05, 4.69) is 0 Å². The molecule has 1 fully saturated rings. The van der Waals surface area contributed by atoms with Gasteiger partial charge in [-0.3, -0.25) is 4.79 Å². The van der Waals surface area contributed by atoms with Crippen LogP contribution >= 0.6 is 11.6 Å². The molecule has 1 aliphatic heterocycles. The Morgan fingerprint density at radius 3 is 2.38 bits per heavy atom. The van der Waals surface area contributed by atoms with Gasteiger partial charge in [-0.2, -0.15) is 0 Å². The van der Waals surface area contributed by atoms with Crippen molar-refractivity contribution in [2.45, 2.75) is 6.04 Å². The molecule has 1 atom stereocenters. The summed E-state index contributed by atoms with van der Waals surface area (Å²) in [5.74, 6) is -0.250. The van der Waals surface area contributed by atoms with E-state index in [1.807, 2.05) is 60.7 Å². The highest BCUT2D eigenvalue weighted by molar-refractivity contribution is 6.24. The Kier molecular flexibility index (Phi) is 4.96. The van der Waals surface area contributed by atoms with Gasteiger partial charge in [-0.25, -0.2) is 9.69 Å². The Balaban J connectivity index is 1.89. The quantitative estimate of drug-likeness (QED) is 0.623. The van der Waals surface area contributed by atoms with Gasteiger partial charge in [-0.15, -0.1) is 11.6 Å². The largest absolute Gasteiger partial charge is 0.446 e. The molecule has 0 unspecified atom stereocenters. The second-order valence-electron chi connectivity index (χ2n) is 5.38. The Morgan fingerprint density at radius 2 is 1.75 bits per heavy atom. The number of imide groups is 1. The smallest absolute Gasteiger partial charge is 0.417 e. The molecule has 0 spiro atoms. The van der Waals surface area contributed by atoms with E-state index in [0.717, 1.165) is 16.0 Å². The van der Waals surface area contributed by atoms with Gasteiger partial charge in [-0.1, -0.05) is 60.7 Å². The highest BCUT2D eigenvalue weighted by Gasteiger charge is 2.38. The van der Waals surface area contributed by atoms with E-state index in [-0.39, 0.29) is 12.5 Å². The predicted octanol–water partition coefficient (Wildman–Crippen LogP) is 4.03. The van der Waals surface area contributed by atoms with E-state index in [4.69, 9.17) is 16.3 Å². The molecular formula is C19H16ClNO3. The maximum atomic E-state index is 12.7. The SMILES string of the molecule is O=C(/C=C(\CCl)c1ccccc1)N1C(=O)OC[C@H]1c1ccccc1. The summed E-state index contributed by atoms with van der Waals surface area (Å²) in [7, 11) is 0. The van der Waals surface area contributed by atoms with Crippen molar-refractivity contribution in [1.29, 1.82) is 0 Å². The van der Waals surface area contributed by atoms with Gasteiger partial charge in [0.2, 0.25) is 0 Å². The summed E-state index contributed by atoms with van der Waals surface area (Å²) in [5, 5.41) is 0. The van der Waals surface area contributed by atoms with Crippen LogP contribution in [-0.4, -0.2) is 29.4 Å². The van der Waals surface area contributed by atoms with Crippen molar-refractivity contribution in [3.63, 3.8) is 0 Å². The van der Waals surface area contributed by atoms with E-state index in [1.165, 1.54) is 6.08 Å². The number of hydrogen-bond donors (Lipinski definition) is 0. The summed E-state index contributed by atoms with van der Waals surface area (Å²) in [4.78, 5) is 25.8. The molecule has 0 saturated carbocycles. The fraction of sp³-hybridized carbons (Fsp3) is 0.158. The second-order valence-corrected chi connectivity index (χ2v) is 5.65. The molecule has 2 amide bonds. The normalized spacial score (nSPS) is 17.7. The zero-order chi connectivity index (χ0) is 16.9. The first-order valence-corrected chi connectivity index (χ1v) is 8.11. The third-order valence-electron chi connectivity index (χ3n) is 3.88. The number of allylic oxidation sites excluding steroid dienone is 1. The number of halogens is 1. The molecule has 0 radical (unpaired) electrons. The molecule has 5 heteroatoms. The standard InChI is InChI=1S/C19H16ClNO3/c20-12-16(14-7-3-1-4-8-14)11-18(22)21-17(13-24-19(21)23)15-9-5-2-6-10-15/h1-11,17H,12-13H2/b16-11+/t17-/m0/s1. The van der Waals surface area contributed by atoms with Crippen LogP contribution in [0.25, 0.3) is 5.57 Å². The number of nitrogens with zero attached hydrogens (tertiary/aromatic N) is 1. The first-order valence-electron chi connectivity index (χ1n) is 7.57. The lowest BCUT2D eigenvalue weighted by Crippen LogP contribution is -2.33. The van der Waals surface area contributed by atoms with Gasteiger partial charge in [0.1, 0.15) is 12.6 Å². The molecule has 3 rings (SSSR count). The lowest BCUT2D eigenvalue weighted by atomic mass is 10.1. The van der Waals surface area contributed by atoms with Crippen LogP contribution in [0.4, 0.5) is 4.79 Å². The molecule has 1 heterocycles. The highest BCUT2D eigenvalue weighted by atomic mass is 35.5. The Hall–Kier alpha value is -2.59.